The molecule has 0 saturated heterocycles. The van der Waals surface area contributed by atoms with Gasteiger partial charge in [-0.15, -0.1) is 35.3 Å². The number of nitrogens with one attached hydrogen (secondary N) is 3. The van der Waals surface area contributed by atoms with E-state index in [4.69, 9.17) is 0 Å². The maximum Gasteiger partial charge on any atom is 0.416 e. The summed E-state index contributed by atoms with van der Waals surface area (Å²) in [6.45, 7) is 2.73. The number of aromatic nitrogens is 1. The van der Waals surface area contributed by atoms with Gasteiger partial charge < -0.3 is 16.0 Å². The molecule has 1 aromatic heterocycles. The number of amides is 1. The highest BCUT2D eigenvalue weighted by Crippen LogP contribution is 2.29. The van der Waals surface area contributed by atoms with E-state index in [1.54, 1.807) is 25.5 Å². The molecule has 6 nitrogen and oxygen atoms in total. The zero-order valence-electron chi connectivity index (χ0n) is 15.3. The molecule has 0 aliphatic rings. The first-order valence-corrected chi connectivity index (χ1v) is 8.98. The molecule has 0 aliphatic heterocycles. The maximum absolute atomic E-state index is 12.7. The number of hydrogen-bond donors (Lipinski definition) is 3. The van der Waals surface area contributed by atoms with Crippen molar-refractivity contribution >= 4 is 47.2 Å². The fourth-order valence-electron chi connectivity index (χ4n) is 2.22. The number of guanidine groups is 1. The van der Waals surface area contributed by atoms with Crippen LogP contribution in [0.15, 0.2) is 34.8 Å². The second kappa shape index (κ2) is 11.2. The second-order valence-corrected chi connectivity index (χ2v) is 6.43. The van der Waals surface area contributed by atoms with Crippen molar-refractivity contribution < 1.29 is 18.0 Å². The number of rotatable bonds is 6. The zero-order valence-corrected chi connectivity index (χ0v) is 18.4. The molecule has 2 rings (SSSR count). The van der Waals surface area contributed by atoms with Gasteiger partial charge in [0.2, 0.25) is 0 Å². The molecule has 1 heterocycles. The Labute approximate surface area is 182 Å². The molecule has 0 radical (unpaired) electrons. The lowest BCUT2D eigenvalue weighted by atomic mass is 10.1. The van der Waals surface area contributed by atoms with E-state index < -0.39 is 11.7 Å². The average molecular weight is 527 g/mol. The van der Waals surface area contributed by atoms with Gasteiger partial charge in [-0.2, -0.15) is 13.2 Å². The number of nitrogens with zero attached hydrogens (tertiary/aromatic N) is 2. The van der Waals surface area contributed by atoms with Gasteiger partial charge in [0.25, 0.3) is 5.91 Å². The van der Waals surface area contributed by atoms with Crippen molar-refractivity contribution in [1.29, 1.82) is 0 Å². The van der Waals surface area contributed by atoms with Crippen LogP contribution in [0.25, 0.3) is 0 Å². The molecule has 0 fully saturated rings. The highest BCUT2D eigenvalue weighted by molar-refractivity contribution is 14.0. The summed E-state index contributed by atoms with van der Waals surface area (Å²) < 4.78 is 38.2. The topological polar surface area (TPSA) is 78.4 Å². The van der Waals surface area contributed by atoms with E-state index in [0.717, 1.165) is 12.1 Å². The molecule has 0 saturated carbocycles. The first-order valence-electron chi connectivity index (χ1n) is 8.10. The number of hydrogen-bond acceptors (Lipinski definition) is 4. The van der Waals surface area contributed by atoms with Crippen molar-refractivity contribution in [3.8, 4) is 0 Å². The number of benzene rings is 1. The standard InChI is InChI=1S/C17H20F3N5OS.HI/c1-11-14(27-10-25-11)15(26)22-6-7-23-16(21-2)24-9-12-4-3-5-13(8-12)17(18,19)20;/h3-5,8,10H,6-7,9H2,1-2H3,(H,22,26)(H2,21,23,24);1H. The lowest BCUT2D eigenvalue weighted by Gasteiger charge is -2.13. The van der Waals surface area contributed by atoms with Crippen molar-refractivity contribution in [2.75, 3.05) is 20.1 Å². The quantitative estimate of drug-likeness (QED) is 0.234. The van der Waals surface area contributed by atoms with Crippen molar-refractivity contribution in [2.45, 2.75) is 19.6 Å². The molecular weight excluding hydrogens is 506 g/mol. The summed E-state index contributed by atoms with van der Waals surface area (Å²) in [6, 6.07) is 5.10. The summed E-state index contributed by atoms with van der Waals surface area (Å²) in [5.41, 5.74) is 2.10. The highest BCUT2D eigenvalue weighted by atomic mass is 127. The van der Waals surface area contributed by atoms with E-state index in [1.165, 1.54) is 17.4 Å². The number of aliphatic imine (C=N–C) groups is 1. The molecule has 0 aliphatic carbocycles. The normalized spacial score (nSPS) is 11.5. The Morgan fingerprint density at radius 3 is 2.54 bits per heavy atom. The Morgan fingerprint density at radius 1 is 1.21 bits per heavy atom. The molecule has 154 valence electrons. The van der Waals surface area contributed by atoms with Gasteiger partial charge in [0.15, 0.2) is 5.96 Å². The largest absolute Gasteiger partial charge is 0.416 e. The predicted molar refractivity (Wildman–Crippen MR) is 114 cm³/mol. The second-order valence-electron chi connectivity index (χ2n) is 5.57. The number of aryl methyl sites for hydroxylation is 1. The SMILES string of the molecule is CN=C(NCCNC(=O)c1scnc1C)NCc1cccc(C(F)(F)F)c1.I. The molecule has 0 bridgehead atoms. The van der Waals surface area contributed by atoms with Gasteiger partial charge in [-0.1, -0.05) is 12.1 Å². The number of alkyl halides is 3. The number of thiazole rings is 1. The Hall–Kier alpha value is -1.89. The number of carbonyl (C=O) groups excluding carboxylic acids is 1. The minimum Gasteiger partial charge on any atom is -0.355 e. The van der Waals surface area contributed by atoms with Crippen LogP contribution in [0.3, 0.4) is 0 Å². The minimum absolute atomic E-state index is 0. The van der Waals surface area contributed by atoms with Crippen LogP contribution in [0.2, 0.25) is 0 Å². The molecule has 28 heavy (non-hydrogen) atoms. The fraction of sp³-hybridized carbons (Fsp3) is 0.353. The molecule has 3 N–H and O–H groups in total. The summed E-state index contributed by atoms with van der Waals surface area (Å²) in [5.74, 6) is 0.236. The van der Waals surface area contributed by atoms with Crippen LogP contribution < -0.4 is 16.0 Å². The van der Waals surface area contributed by atoms with Crippen LogP contribution >= 0.6 is 35.3 Å². The smallest absolute Gasteiger partial charge is 0.355 e. The number of halogens is 4. The minimum atomic E-state index is -4.37. The van der Waals surface area contributed by atoms with E-state index in [9.17, 15) is 18.0 Å². The van der Waals surface area contributed by atoms with Crippen molar-refractivity contribution in [1.82, 2.24) is 20.9 Å². The average Bonchev–Trinajstić information content (AvgIpc) is 3.06. The Bertz CT molecular complexity index is 810. The molecule has 0 spiro atoms. The fourth-order valence-corrected chi connectivity index (χ4v) is 2.94. The van der Waals surface area contributed by atoms with Crippen molar-refractivity contribution in [2.24, 2.45) is 4.99 Å². The lowest BCUT2D eigenvalue weighted by Crippen LogP contribution is -2.41. The molecule has 1 amide bonds. The van der Waals surface area contributed by atoms with Gasteiger partial charge >= 0.3 is 6.18 Å². The van der Waals surface area contributed by atoms with Crippen molar-refractivity contribution in [3.63, 3.8) is 0 Å². The summed E-state index contributed by atoms with van der Waals surface area (Å²) in [7, 11) is 1.56. The Morgan fingerprint density at radius 2 is 1.93 bits per heavy atom. The third-order valence-electron chi connectivity index (χ3n) is 3.59. The first-order chi connectivity index (χ1) is 12.8. The summed E-state index contributed by atoms with van der Waals surface area (Å²) in [4.78, 5) is 20.6. The highest BCUT2D eigenvalue weighted by Gasteiger charge is 2.30. The lowest BCUT2D eigenvalue weighted by molar-refractivity contribution is -0.137. The van der Waals surface area contributed by atoms with E-state index in [1.807, 2.05) is 0 Å². The van der Waals surface area contributed by atoms with Gasteiger partial charge in [-0.05, 0) is 24.6 Å². The molecule has 0 atom stereocenters. The molecule has 0 unspecified atom stereocenters. The van der Waals surface area contributed by atoms with Gasteiger partial charge in [-0.3, -0.25) is 9.79 Å². The molecule has 1 aromatic carbocycles. The maximum atomic E-state index is 12.7. The molecule has 2 aromatic rings. The monoisotopic (exact) mass is 527 g/mol. The van der Waals surface area contributed by atoms with E-state index >= 15 is 0 Å². The number of carbonyl (C=O) groups is 1. The summed E-state index contributed by atoms with van der Waals surface area (Å²) in [5, 5.41) is 8.69. The van der Waals surface area contributed by atoms with Gasteiger partial charge in [0.05, 0.1) is 16.8 Å². The van der Waals surface area contributed by atoms with Crippen LogP contribution in [-0.4, -0.2) is 37.0 Å². The van der Waals surface area contributed by atoms with E-state index in [-0.39, 0.29) is 36.4 Å². The molecule has 11 heteroatoms. The first kappa shape index (κ1) is 24.1. The zero-order chi connectivity index (χ0) is 19.9. The molecular formula is C17H21F3IN5OS. The Balaban J connectivity index is 0.00000392. The van der Waals surface area contributed by atoms with Crippen LogP contribution in [0.1, 0.15) is 26.5 Å². The third-order valence-corrected chi connectivity index (χ3v) is 4.52. The Kier molecular flexibility index (Phi) is 9.65. The van der Waals surface area contributed by atoms with Crippen LogP contribution in [-0.2, 0) is 12.7 Å². The summed E-state index contributed by atoms with van der Waals surface area (Å²) in [6.07, 6.45) is -4.37. The predicted octanol–water partition coefficient (Wildman–Crippen LogP) is 3.18. The van der Waals surface area contributed by atoms with Gasteiger partial charge in [0.1, 0.15) is 4.88 Å². The summed E-state index contributed by atoms with van der Waals surface area (Å²) >= 11 is 1.28. The third kappa shape index (κ3) is 7.26. The van der Waals surface area contributed by atoms with E-state index in [2.05, 4.69) is 25.9 Å². The van der Waals surface area contributed by atoms with Crippen molar-refractivity contribution in [3.05, 3.63) is 51.5 Å². The van der Waals surface area contributed by atoms with E-state index in [0.29, 0.717) is 35.2 Å². The van der Waals surface area contributed by atoms with Crippen LogP contribution in [0.5, 0.6) is 0 Å². The van der Waals surface area contributed by atoms with Crippen LogP contribution in [0, 0.1) is 6.92 Å². The van der Waals surface area contributed by atoms with Crippen LogP contribution in [0.4, 0.5) is 13.2 Å². The van der Waals surface area contributed by atoms with Gasteiger partial charge in [-0.25, -0.2) is 4.98 Å². The van der Waals surface area contributed by atoms with Gasteiger partial charge in [0, 0.05) is 26.7 Å².